The van der Waals surface area contributed by atoms with Gasteiger partial charge in [-0.3, -0.25) is 0 Å². The molecule has 4 rings (SSSR count). The monoisotopic (exact) mass is 369 g/mol. The van der Waals surface area contributed by atoms with Gasteiger partial charge < -0.3 is 4.74 Å². The molecule has 6 nitrogen and oxygen atoms in total. The van der Waals surface area contributed by atoms with E-state index in [2.05, 4.69) is 4.98 Å². The molecule has 0 amide bonds. The van der Waals surface area contributed by atoms with Crippen LogP contribution in [0.5, 0.6) is 5.88 Å². The maximum atomic E-state index is 13.1. The van der Waals surface area contributed by atoms with Gasteiger partial charge in [0.15, 0.2) is 0 Å². The van der Waals surface area contributed by atoms with Crippen LogP contribution in [0.15, 0.2) is 53.6 Å². The smallest absolute Gasteiger partial charge is 0.243 e. The number of nitrogens with zero attached hydrogens (tertiary/aromatic N) is 3. The van der Waals surface area contributed by atoms with Gasteiger partial charge in [-0.2, -0.15) is 9.57 Å². The Bertz CT molecular complexity index is 909. The highest BCUT2D eigenvalue weighted by Gasteiger charge is 2.47. The summed E-state index contributed by atoms with van der Waals surface area (Å²) in [7, 11) is -3.57. The lowest BCUT2D eigenvalue weighted by Gasteiger charge is -2.37. The average molecular weight is 369 g/mol. The van der Waals surface area contributed by atoms with E-state index in [4.69, 9.17) is 10.00 Å². The Kier molecular flexibility index (Phi) is 4.39. The lowest BCUT2D eigenvalue weighted by atomic mass is 10.0. The van der Waals surface area contributed by atoms with Crippen molar-refractivity contribution in [1.29, 1.82) is 5.26 Å². The first-order valence-corrected chi connectivity index (χ1v) is 10.1. The molecular formula is C19H19N3O3S. The van der Waals surface area contributed by atoms with Crippen LogP contribution < -0.4 is 4.74 Å². The molecule has 2 fully saturated rings. The molecule has 0 aliphatic carbocycles. The molecule has 134 valence electrons. The summed E-state index contributed by atoms with van der Waals surface area (Å²) in [6.45, 7) is 0. The quantitative estimate of drug-likeness (QED) is 0.827. The van der Waals surface area contributed by atoms with Crippen molar-refractivity contribution in [3.05, 3.63) is 54.2 Å². The molecule has 0 radical (unpaired) electrons. The predicted molar refractivity (Wildman–Crippen MR) is 94.9 cm³/mol. The number of benzene rings is 1. The van der Waals surface area contributed by atoms with Crippen molar-refractivity contribution in [3.63, 3.8) is 0 Å². The zero-order valence-corrected chi connectivity index (χ0v) is 15.0. The van der Waals surface area contributed by atoms with Gasteiger partial charge >= 0.3 is 0 Å². The standard InChI is InChI=1S/C19H19N3O3S/c20-13-14-4-8-18(9-5-14)26(23,24)22-15-6-7-16(22)12-17(11-15)25-19-3-1-2-10-21-19/h1-5,8-10,15-17H,6-7,11-12H2. The van der Waals surface area contributed by atoms with E-state index in [1.54, 1.807) is 22.6 Å². The number of ether oxygens (including phenoxy) is 1. The van der Waals surface area contributed by atoms with Crippen molar-refractivity contribution in [3.8, 4) is 11.9 Å². The van der Waals surface area contributed by atoms with Crippen LogP contribution in [0, 0.1) is 11.3 Å². The fourth-order valence-electron chi connectivity index (χ4n) is 3.98. The van der Waals surface area contributed by atoms with Gasteiger partial charge in [-0.1, -0.05) is 6.07 Å². The minimum atomic E-state index is -3.57. The van der Waals surface area contributed by atoms with Crippen LogP contribution in [0.4, 0.5) is 0 Å². The SMILES string of the molecule is N#Cc1ccc(S(=O)(=O)N2C3CCC2CC(Oc2ccccn2)C3)cc1. The van der Waals surface area contributed by atoms with Crippen LogP contribution in [-0.4, -0.2) is 35.9 Å². The van der Waals surface area contributed by atoms with E-state index in [0.717, 1.165) is 12.8 Å². The fourth-order valence-corrected chi connectivity index (χ4v) is 5.87. The third-order valence-electron chi connectivity index (χ3n) is 5.11. The molecule has 0 saturated carbocycles. The molecule has 26 heavy (non-hydrogen) atoms. The first-order valence-electron chi connectivity index (χ1n) is 8.69. The highest BCUT2D eigenvalue weighted by atomic mass is 32.2. The molecule has 7 heteroatoms. The number of nitriles is 1. The molecule has 2 saturated heterocycles. The summed E-state index contributed by atoms with van der Waals surface area (Å²) in [6.07, 6.45) is 4.71. The number of sulfonamides is 1. The normalized spacial score (nSPS) is 25.6. The summed E-state index contributed by atoms with van der Waals surface area (Å²) in [6, 6.07) is 13.6. The topological polar surface area (TPSA) is 83.3 Å². The minimum absolute atomic E-state index is 0.0187. The molecule has 2 bridgehead atoms. The van der Waals surface area contributed by atoms with E-state index in [1.807, 2.05) is 24.3 Å². The van der Waals surface area contributed by atoms with Crippen LogP contribution in [0.25, 0.3) is 0 Å². The van der Waals surface area contributed by atoms with Crippen LogP contribution >= 0.6 is 0 Å². The van der Waals surface area contributed by atoms with Crippen LogP contribution in [0.1, 0.15) is 31.2 Å². The lowest BCUT2D eigenvalue weighted by Crippen LogP contribution is -2.49. The highest BCUT2D eigenvalue weighted by molar-refractivity contribution is 7.89. The van der Waals surface area contributed by atoms with Crippen molar-refractivity contribution in [2.75, 3.05) is 0 Å². The number of pyridine rings is 1. The van der Waals surface area contributed by atoms with Crippen LogP contribution in [-0.2, 0) is 10.0 Å². The number of rotatable bonds is 4. The van der Waals surface area contributed by atoms with Gasteiger partial charge in [-0.15, -0.1) is 0 Å². The second kappa shape index (κ2) is 6.71. The summed E-state index contributed by atoms with van der Waals surface area (Å²) < 4.78 is 33.8. The number of hydrogen-bond acceptors (Lipinski definition) is 5. The molecule has 2 unspecified atom stereocenters. The molecular weight excluding hydrogens is 350 g/mol. The number of fused-ring (bicyclic) bond motifs is 2. The summed E-state index contributed by atoms with van der Waals surface area (Å²) in [4.78, 5) is 4.44. The number of aromatic nitrogens is 1. The van der Waals surface area contributed by atoms with Gasteiger partial charge in [0.25, 0.3) is 0 Å². The van der Waals surface area contributed by atoms with E-state index in [-0.39, 0.29) is 23.1 Å². The van der Waals surface area contributed by atoms with Crippen molar-refractivity contribution in [2.24, 2.45) is 0 Å². The molecule has 1 aromatic carbocycles. The van der Waals surface area contributed by atoms with Crippen LogP contribution in [0.3, 0.4) is 0 Å². The fraction of sp³-hybridized carbons (Fsp3) is 0.368. The Balaban J connectivity index is 1.53. The maximum Gasteiger partial charge on any atom is 0.243 e. The zero-order chi connectivity index (χ0) is 18.1. The van der Waals surface area contributed by atoms with Crippen LogP contribution in [0.2, 0.25) is 0 Å². The third-order valence-corrected chi connectivity index (χ3v) is 7.13. The third kappa shape index (κ3) is 3.06. The lowest BCUT2D eigenvalue weighted by molar-refractivity contribution is 0.0918. The molecule has 0 N–H and O–H groups in total. The largest absolute Gasteiger partial charge is 0.474 e. The average Bonchev–Trinajstić information content (AvgIpc) is 2.95. The Morgan fingerprint density at radius 1 is 1.08 bits per heavy atom. The summed E-state index contributed by atoms with van der Waals surface area (Å²) in [5.41, 5.74) is 0.453. The second-order valence-electron chi connectivity index (χ2n) is 6.74. The van der Waals surface area contributed by atoms with Crippen molar-refractivity contribution < 1.29 is 13.2 Å². The van der Waals surface area contributed by atoms with Gasteiger partial charge in [0, 0.05) is 37.2 Å². The van der Waals surface area contributed by atoms with Crippen molar-refractivity contribution in [2.45, 2.75) is 48.8 Å². The van der Waals surface area contributed by atoms with Gasteiger partial charge in [0.1, 0.15) is 6.10 Å². The Morgan fingerprint density at radius 3 is 2.35 bits per heavy atom. The molecule has 2 aromatic rings. The predicted octanol–water partition coefficient (Wildman–Crippen LogP) is 2.72. The molecule has 2 atom stereocenters. The second-order valence-corrected chi connectivity index (χ2v) is 8.58. The summed E-state index contributed by atoms with van der Waals surface area (Å²) in [5, 5.41) is 8.90. The van der Waals surface area contributed by atoms with E-state index in [0.29, 0.717) is 24.3 Å². The van der Waals surface area contributed by atoms with Gasteiger partial charge in [-0.25, -0.2) is 13.4 Å². The van der Waals surface area contributed by atoms with Crippen molar-refractivity contribution in [1.82, 2.24) is 9.29 Å². The van der Waals surface area contributed by atoms with E-state index in [1.165, 1.54) is 12.1 Å². The first-order chi connectivity index (χ1) is 12.6. The Morgan fingerprint density at radius 2 is 1.77 bits per heavy atom. The molecule has 3 heterocycles. The maximum absolute atomic E-state index is 13.1. The van der Waals surface area contributed by atoms with Gasteiger partial charge in [0.2, 0.25) is 15.9 Å². The number of hydrogen-bond donors (Lipinski definition) is 0. The van der Waals surface area contributed by atoms with E-state index >= 15 is 0 Å². The minimum Gasteiger partial charge on any atom is -0.474 e. The Labute approximate surface area is 153 Å². The Hall–Kier alpha value is -2.43. The number of piperidine rings is 1. The first kappa shape index (κ1) is 17.0. The molecule has 2 aliphatic rings. The molecule has 0 spiro atoms. The molecule has 2 aliphatic heterocycles. The van der Waals surface area contributed by atoms with Crippen molar-refractivity contribution >= 4 is 10.0 Å². The van der Waals surface area contributed by atoms with Gasteiger partial charge in [0.05, 0.1) is 16.5 Å². The van der Waals surface area contributed by atoms with Gasteiger partial charge in [-0.05, 0) is 43.2 Å². The van der Waals surface area contributed by atoms with E-state index in [9.17, 15) is 8.42 Å². The zero-order valence-electron chi connectivity index (χ0n) is 14.2. The highest BCUT2D eigenvalue weighted by Crippen LogP contribution is 2.40. The summed E-state index contributed by atoms with van der Waals surface area (Å²) >= 11 is 0. The molecule has 1 aromatic heterocycles. The summed E-state index contributed by atoms with van der Waals surface area (Å²) in [5.74, 6) is 0.584. The van der Waals surface area contributed by atoms with E-state index < -0.39 is 10.0 Å².